The largest absolute Gasteiger partial charge is 0.0651 e. The summed E-state index contributed by atoms with van der Waals surface area (Å²) in [6, 6.07) is 0. The normalized spacial score (nSPS) is 25.5. The van der Waals surface area contributed by atoms with Crippen LogP contribution in [0.5, 0.6) is 0 Å². The van der Waals surface area contributed by atoms with Gasteiger partial charge in [0.05, 0.1) is 0 Å². The molecule has 108 valence electrons. The van der Waals surface area contributed by atoms with Crippen molar-refractivity contribution < 1.29 is 0 Å². The van der Waals surface area contributed by atoms with Crippen LogP contribution in [0.1, 0.15) is 97.8 Å². The SMILES string of the molecule is CCC(C)CCCCCCCC1CCC(CC)C1. The highest BCUT2D eigenvalue weighted by molar-refractivity contribution is 4.74. The minimum absolute atomic E-state index is 0.953. The molecule has 3 atom stereocenters. The zero-order valence-electron chi connectivity index (χ0n) is 13.2. The molecule has 0 heterocycles. The van der Waals surface area contributed by atoms with Crippen molar-refractivity contribution in [3.8, 4) is 0 Å². The fraction of sp³-hybridized carbons (Fsp3) is 1.00. The molecule has 1 saturated carbocycles. The first-order valence-electron chi connectivity index (χ1n) is 8.76. The quantitative estimate of drug-likeness (QED) is 0.385. The topological polar surface area (TPSA) is 0 Å². The molecule has 1 aliphatic rings. The van der Waals surface area contributed by atoms with Gasteiger partial charge in [0, 0.05) is 0 Å². The van der Waals surface area contributed by atoms with Crippen LogP contribution in [-0.4, -0.2) is 0 Å². The minimum atomic E-state index is 0.953. The minimum Gasteiger partial charge on any atom is -0.0651 e. The van der Waals surface area contributed by atoms with Gasteiger partial charge in [-0.3, -0.25) is 0 Å². The molecule has 1 fully saturated rings. The first-order valence-corrected chi connectivity index (χ1v) is 8.76. The lowest BCUT2D eigenvalue weighted by Crippen LogP contribution is -1.96. The molecule has 1 rings (SSSR count). The third-order valence-electron chi connectivity index (χ3n) is 5.23. The van der Waals surface area contributed by atoms with E-state index in [1.807, 2.05) is 0 Å². The monoisotopic (exact) mass is 252 g/mol. The van der Waals surface area contributed by atoms with E-state index in [2.05, 4.69) is 20.8 Å². The molecule has 0 aliphatic heterocycles. The molecule has 0 aromatic heterocycles. The number of hydrogen-bond acceptors (Lipinski definition) is 0. The van der Waals surface area contributed by atoms with Crippen LogP contribution in [0, 0.1) is 17.8 Å². The summed E-state index contributed by atoms with van der Waals surface area (Å²) in [5.74, 6) is 3.12. The van der Waals surface area contributed by atoms with Gasteiger partial charge in [0.2, 0.25) is 0 Å². The van der Waals surface area contributed by atoms with Gasteiger partial charge < -0.3 is 0 Å². The number of rotatable bonds is 10. The van der Waals surface area contributed by atoms with Gasteiger partial charge in [-0.1, -0.05) is 91.4 Å². The molecule has 0 saturated heterocycles. The molecule has 0 amide bonds. The van der Waals surface area contributed by atoms with E-state index in [-0.39, 0.29) is 0 Å². The standard InChI is InChI=1S/C18H36/c1-4-16(3)11-9-7-6-8-10-12-18-14-13-17(5-2)15-18/h16-18H,4-15H2,1-3H3. The Balaban J connectivity index is 1.84. The third kappa shape index (κ3) is 6.81. The fourth-order valence-corrected chi connectivity index (χ4v) is 3.47. The van der Waals surface area contributed by atoms with E-state index in [4.69, 9.17) is 0 Å². The lowest BCUT2D eigenvalue weighted by Gasteiger charge is -2.10. The van der Waals surface area contributed by atoms with Crippen molar-refractivity contribution in [1.29, 1.82) is 0 Å². The second-order valence-corrected chi connectivity index (χ2v) is 6.81. The van der Waals surface area contributed by atoms with Crippen molar-refractivity contribution in [2.24, 2.45) is 17.8 Å². The predicted octanol–water partition coefficient (Wildman–Crippen LogP) is 6.59. The van der Waals surface area contributed by atoms with Crippen molar-refractivity contribution in [2.75, 3.05) is 0 Å². The van der Waals surface area contributed by atoms with Crippen LogP contribution >= 0.6 is 0 Å². The summed E-state index contributed by atoms with van der Waals surface area (Å²) < 4.78 is 0. The number of unbranched alkanes of at least 4 members (excludes halogenated alkanes) is 4. The van der Waals surface area contributed by atoms with Gasteiger partial charge in [-0.2, -0.15) is 0 Å². The van der Waals surface area contributed by atoms with E-state index in [0.717, 1.165) is 17.8 Å². The predicted molar refractivity (Wildman–Crippen MR) is 82.9 cm³/mol. The molecule has 0 N–H and O–H groups in total. The molecule has 0 aromatic carbocycles. The molecule has 0 nitrogen and oxygen atoms in total. The highest BCUT2D eigenvalue weighted by Crippen LogP contribution is 2.35. The first kappa shape index (κ1) is 16.1. The Kier molecular flexibility index (Phi) is 8.80. The molecule has 0 heteroatoms. The Bertz CT molecular complexity index is 184. The van der Waals surface area contributed by atoms with E-state index in [0.29, 0.717) is 0 Å². The average molecular weight is 252 g/mol. The summed E-state index contributed by atoms with van der Waals surface area (Å²) in [5.41, 5.74) is 0. The van der Waals surface area contributed by atoms with Crippen LogP contribution in [0.25, 0.3) is 0 Å². The molecule has 0 radical (unpaired) electrons. The van der Waals surface area contributed by atoms with Crippen molar-refractivity contribution >= 4 is 0 Å². The third-order valence-corrected chi connectivity index (χ3v) is 5.23. The van der Waals surface area contributed by atoms with E-state index in [1.54, 1.807) is 6.42 Å². The van der Waals surface area contributed by atoms with Gasteiger partial charge >= 0.3 is 0 Å². The van der Waals surface area contributed by atoms with Crippen LogP contribution in [-0.2, 0) is 0 Å². The zero-order valence-corrected chi connectivity index (χ0v) is 13.2. The van der Waals surface area contributed by atoms with E-state index in [9.17, 15) is 0 Å². The highest BCUT2D eigenvalue weighted by Gasteiger charge is 2.22. The molecule has 0 spiro atoms. The van der Waals surface area contributed by atoms with Gasteiger partial charge in [-0.25, -0.2) is 0 Å². The van der Waals surface area contributed by atoms with Crippen LogP contribution in [0.15, 0.2) is 0 Å². The highest BCUT2D eigenvalue weighted by atomic mass is 14.3. The van der Waals surface area contributed by atoms with Crippen LogP contribution < -0.4 is 0 Å². The van der Waals surface area contributed by atoms with Crippen molar-refractivity contribution in [2.45, 2.75) is 97.8 Å². The second kappa shape index (κ2) is 9.87. The molecular formula is C18H36. The molecule has 0 bridgehead atoms. The Morgan fingerprint density at radius 2 is 1.56 bits per heavy atom. The summed E-state index contributed by atoms with van der Waals surface area (Å²) in [5, 5.41) is 0. The summed E-state index contributed by atoms with van der Waals surface area (Å²) in [4.78, 5) is 0. The lowest BCUT2D eigenvalue weighted by molar-refractivity contribution is 0.428. The van der Waals surface area contributed by atoms with Crippen LogP contribution in [0.3, 0.4) is 0 Å². The van der Waals surface area contributed by atoms with Crippen molar-refractivity contribution in [3.63, 3.8) is 0 Å². The first-order chi connectivity index (χ1) is 8.76. The van der Waals surface area contributed by atoms with E-state index in [1.165, 1.54) is 70.6 Å². The summed E-state index contributed by atoms with van der Waals surface area (Å²) in [6.07, 6.45) is 17.8. The maximum Gasteiger partial charge on any atom is -0.0412 e. The summed E-state index contributed by atoms with van der Waals surface area (Å²) >= 11 is 0. The fourth-order valence-electron chi connectivity index (χ4n) is 3.47. The van der Waals surface area contributed by atoms with E-state index >= 15 is 0 Å². The van der Waals surface area contributed by atoms with Gasteiger partial charge in [0.1, 0.15) is 0 Å². The smallest absolute Gasteiger partial charge is 0.0412 e. The van der Waals surface area contributed by atoms with Gasteiger partial charge in [0.25, 0.3) is 0 Å². The second-order valence-electron chi connectivity index (χ2n) is 6.81. The average Bonchev–Trinajstić information content (AvgIpc) is 2.85. The molecule has 3 unspecified atom stereocenters. The number of hydrogen-bond donors (Lipinski definition) is 0. The molecule has 18 heavy (non-hydrogen) atoms. The van der Waals surface area contributed by atoms with Gasteiger partial charge in [-0.05, 0) is 24.2 Å². The van der Waals surface area contributed by atoms with Gasteiger partial charge in [0.15, 0.2) is 0 Å². The summed E-state index contributed by atoms with van der Waals surface area (Å²) in [6.45, 7) is 7.07. The molecular weight excluding hydrogens is 216 g/mol. The van der Waals surface area contributed by atoms with Crippen molar-refractivity contribution in [3.05, 3.63) is 0 Å². The van der Waals surface area contributed by atoms with Crippen LogP contribution in [0.4, 0.5) is 0 Å². The Hall–Kier alpha value is 0. The van der Waals surface area contributed by atoms with Crippen molar-refractivity contribution in [1.82, 2.24) is 0 Å². The Labute approximate surface area is 116 Å². The Morgan fingerprint density at radius 3 is 2.22 bits per heavy atom. The lowest BCUT2D eigenvalue weighted by atomic mass is 9.96. The van der Waals surface area contributed by atoms with E-state index < -0.39 is 0 Å². The van der Waals surface area contributed by atoms with Gasteiger partial charge in [-0.15, -0.1) is 0 Å². The zero-order chi connectivity index (χ0) is 13.2. The maximum atomic E-state index is 2.39. The maximum absolute atomic E-state index is 2.39. The molecule has 1 aliphatic carbocycles. The summed E-state index contributed by atoms with van der Waals surface area (Å²) in [7, 11) is 0. The Morgan fingerprint density at radius 1 is 0.889 bits per heavy atom. The van der Waals surface area contributed by atoms with Crippen LogP contribution in [0.2, 0.25) is 0 Å². The molecule has 0 aromatic rings.